The lowest BCUT2D eigenvalue weighted by Crippen LogP contribution is -2.23. The molecule has 2 aromatic carbocycles. The van der Waals surface area contributed by atoms with Gasteiger partial charge in [-0.1, -0.05) is 18.2 Å². The Labute approximate surface area is 162 Å². The van der Waals surface area contributed by atoms with Gasteiger partial charge in [0.05, 0.1) is 14.2 Å². The minimum absolute atomic E-state index is 0.262. The van der Waals surface area contributed by atoms with Crippen LogP contribution in [0.3, 0.4) is 0 Å². The summed E-state index contributed by atoms with van der Waals surface area (Å²) in [5.74, 6) is 0.343. The number of ether oxygens (including phenoxy) is 3. The number of rotatable bonds is 7. The van der Waals surface area contributed by atoms with Crippen molar-refractivity contribution in [1.29, 1.82) is 0 Å². The van der Waals surface area contributed by atoms with E-state index in [1.165, 1.54) is 6.08 Å². The predicted molar refractivity (Wildman–Crippen MR) is 107 cm³/mol. The molecule has 0 saturated heterocycles. The minimum Gasteiger partial charge on any atom is -0.497 e. The van der Waals surface area contributed by atoms with Crippen LogP contribution in [0.25, 0.3) is 17.0 Å². The standard InChI is InChI=1S/C22H21NO5/c1-14(22(25)19-13-23-20-7-5-4-6-18(19)20)28-21(24)9-8-15-10-16(26-2)12-17(11-15)27-3/h4-14,23H,1-3H3/b9-8+/t14-/m0/s1. The Hall–Kier alpha value is -3.54. The number of benzene rings is 2. The first kappa shape index (κ1) is 19.2. The number of Topliss-reactive ketones (excluding diaryl/α,β-unsaturated/α-hetero) is 1. The fraction of sp³-hybridized carbons (Fsp3) is 0.182. The summed E-state index contributed by atoms with van der Waals surface area (Å²) in [6.45, 7) is 1.56. The van der Waals surface area contributed by atoms with Crippen LogP contribution in [-0.2, 0) is 9.53 Å². The van der Waals surface area contributed by atoms with Crippen LogP contribution in [-0.4, -0.2) is 37.1 Å². The van der Waals surface area contributed by atoms with Gasteiger partial charge in [-0.25, -0.2) is 4.79 Å². The van der Waals surface area contributed by atoms with Gasteiger partial charge in [-0.05, 0) is 36.8 Å². The maximum atomic E-state index is 12.6. The van der Waals surface area contributed by atoms with Crippen LogP contribution < -0.4 is 9.47 Å². The Morgan fingerprint density at radius 3 is 2.39 bits per heavy atom. The molecular weight excluding hydrogens is 358 g/mol. The number of hydrogen-bond donors (Lipinski definition) is 1. The monoisotopic (exact) mass is 379 g/mol. The molecule has 0 spiro atoms. The molecule has 3 aromatic rings. The van der Waals surface area contributed by atoms with E-state index < -0.39 is 12.1 Å². The Morgan fingerprint density at radius 2 is 1.71 bits per heavy atom. The Bertz CT molecular complexity index is 1010. The fourth-order valence-corrected chi connectivity index (χ4v) is 2.85. The number of carbonyl (C=O) groups is 2. The first-order valence-electron chi connectivity index (χ1n) is 8.74. The average Bonchev–Trinajstić information content (AvgIpc) is 3.15. The molecule has 6 nitrogen and oxygen atoms in total. The zero-order chi connectivity index (χ0) is 20.1. The zero-order valence-electron chi connectivity index (χ0n) is 15.9. The number of ketones is 1. The summed E-state index contributed by atoms with van der Waals surface area (Å²) in [6.07, 6.45) is 3.58. The molecule has 1 N–H and O–H groups in total. The summed E-state index contributed by atoms with van der Waals surface area (Å²) < 4.78 is 15.7. The normalized spacial score (nSPS) is 12.1. The van der Waals surface area contributed by atoms with Crippen molar-refractivity contribution in [3.63, 3.8) is 0 Å². The van der Waals surface area contributed by atoms with Crippen molar-refractivity contribution >= 4 is 28.7 Å². The Morgan fingerprint density at radius 1 is 1.04 bits per heavy atom. The van der Waals surface area contributed by atoms with Gasteiger partial charge in [0.25, 0.3) is 0 Å². The van der Waals surface area contributed by atoms with E-state index in [4.69, 9.17) is 14.2 Å². The maximum Gasteiger partial charge on any atom is 0.331 e. The molecule has 3 rings (SSSR count). The quantitative estimate of drug-likeness (QED) is 0.381. The van der Waals surface area contributed by atoms with Gasteiger partial charge in [0.2, 0.25) is 5.78 Å². The molecule has 0 saturated carbocycles. The third-order valence-electron chi connectivity index (χ3n) is 4.30. The zero-order valence-corrected chi connectivity index (χ0v) is 15.9. The number of aromatic nitrogens is 1. The van der Waals surface area contributed by atoms with Crippen molar-refractivity contribution in [1.82, 2.24) is 4.98 Å². The van der Waals surface area contributed by atoms with Crippen LogP contribution in [0.2, 0.25) is 0 Å². The van der Waals surface area contributed by atoms with E-state index in [0.29, 0.717) is 22.6 Å². The summed E-state index contributed by atoms with van der Waals surface area (Å²) in [5.41, 5.74) is 2.07. The minimum atomic E-state index is -0.906. The third kappa shape index (κ3) is 4.23. The highest BCUT2D eigenvalue weighted by molar-refractivity contribution is 6.10. The summed E-state index contributed by atoms with van der Waals surface area (Å²) in [6, 6.07) is 12.7. The summed E-state index contributed by atoms with van der Waals surface area (Å²) in [7, 11) is 3.10. The van der Waals surface area contributed by atoms with Crippen LogP contribution in [0.15, 0.2) is 54.7 Å². The van der Waals surface area contributed by atoms with Crippen LogP contribution in [0.1, 0.15) is 22.8 Å². The van der Waals surface area contributed by atoms with E-state index in [0.717, 1.165) is 10.9 Å². The van der Waals surface area contributed by atoms with Gasteiger partial charge < -0.3 is 19.2 Å². The molecule has 1 aromatic heterocycles. The van der Waals surface area contributed by atoms with Crippen molar-refractivity contribution in [2.24, 2.45) is 0 Å². The second-order valence-corrected chi connectivity index (χ2v) is 6.17. The predicted octanol–water partition coefficient (Wildman–Crippen LogP) is 4.01. The number of hydrogen-bond acceptors (Lipinski definition) is 5. The SMILES string of the molecule is COc1cc(/C=C/C(=O)O[C@@H](C)C(=O)c2c[nH]c3ccccc23)cc(OC)c1. The van der Waals surface area contributed by atoms with Crippen molar-refractivity contribution in [2.45, 2.75) is 13.0 Å². The fourth-order valence-electron chi connectivity index (χ4n) is 2.85. The maximum absolute atomic E-state index is 12.6. The van der Waals surface area contributed by atoms with Gasteiger partial charge in [0, 0.05) is 34.8 Å². The first-order valence-corrected chi connectivity index (χ1v) is 8.74. The number of para-hydroxylation sites is 1. The number of esters is 1. The van der Waals surface area contributed by atoms with Crippen LogP contribution in [0.4, 0.5) is 0 Å². The number of methoxy groups -OCH3 is 2. The van der Waals surface area contributed by atoms with Crippen molar-refractivity contribution in [2.75, 3.05) is 14.2 Å². The topological polar surface area (TPSA) is 77.6 Å². The molecule has 0 unspecified atom stereocenters. The first-order chi connectivity index (χ1) is 13.5. The highest BCUT2D eigenvalue weighted by Gasteiger charge is 2.21. The number of H-pyrrole nitrogens is 1. The molecule has 0 aliphatic rings. The molecule has 6 heteroatoms. The summed E-state index contributed by atoms with van der Waals surface area (Å²) >= 11 is 0. The molecule has 1 atom stereocenters. The van der Waals surface area contributed by atoms with Gasteiger partial charge in [0.1, 0.15) is 11.5 Å². The molecular formula is C22H21NO5. The van der Waals surface area contributed by atoms with Gasteiger partial charge in [-0.15, -0.1) is 0 Å². The van der Waals surface area contributed by atoms with E-state index in [9.17, 15) is 9.59 Å². The molecule has 0 bridgehead atoms. The van der Waals surface area contributed by atoms with Gasteiger partial charge >= 0.3 is 5.97 Å². The number of fused-ring (bicyclic) bond motifs is 1. The molecule has 28 heavy (non-hydrogen) atoms. The van der Waals surface area contributed by atoms with Crippen LogP contribution >= 0.6 is 0 Å². The van der Waals surface area contributed by atoms with Crippen LogP contribution in [0, 0.1) is 0 Å². The molecule has 0 amide bonds. The molecule has 0 aliphatic heterocycles. The number of carbonyl (C=O) groups excluding carboxylic acids is 2. The lowest BCUT2D eigenvalue weighted by Gasteiger charge is -2.10. The van der Waals surface area contributed by atoms with E-state index >= 15 is 0 Å². The average molecular weight is 379 g/mol. The van der Waals surface area contributed by atoms with E-state index in [2.05, 4.69) is 4.98 Å². The highest BCUT2D eigenvalue weighted by atomic mass is 16.5. The third-order valence-corrected chi connectivity index (χ3v) is 4.30. The molecule has 1 heterocycles. The van der Waals surface area contributed by atoms with E-state index in [-0.39, 0.29) is 5.78 Å². The lowest BCUT2D eigenvalue weighted by atomic mass is 10.1. The smallest absolute Gasteiger partial charge is 0.331 e. The van der Waals surface area contributed by atoms with Crippen LogP contribution in [0.5, 0.6) is 11.5 Å². The molecule has 144 valence electrons. The van der Waals surface area contributed by atoms with Crippen molar-refractivity contribution in [3.8, 4) is 11.5 Å². The summed E-state index contributed by atoms with van der Waals surface area (Å²) in [4.78, 5) is 27.8. The van der Waals surface area contributed by atoms with Crippen molar-refractivity contribution in [3.05, 3.63) is 65.9 Å². The molecule has 0 fully saturated rings. The molecule has 0 radical (unpaired) electrons. The summed E-state index contributed by atoms with van der Waals surface area (Å²) in [5, 5.41) is 0.800. The van der Waals surface area contributed by atoms with Gasteiger partial charge in [0.15, 0.2) is 6.10 Å². The van der Waals surface area contributed by atoms with Gasteiger partial charge in [-0.3, -0.25) is 4.79 Å². The van der Waals surface area contributed by atoms with E-state index in [1.54, 1.807) is 51.6 Å². The van der Waals surface area contributed by atoms with Crippen molar-refractivity contribution < 1.29 is 23.8 Å². The molecule has 0 aliphatic carbocycles. The number of nitrogens with one attached hydrogen (secondary N) is 1. The Balaban J connectivity index is 1.69. The Kier molecular flexibility index (Phi) is 5.79. The highest BCUT2D eigenvalue weighted by Crippen LogP contribution is 2.23. The lowest BCUT2D eigenvalue weighted by molar-refractivity contribution is -0.140. The largest absolute Gasteiger partial charge is 0.497 e. The second-order valence-electron chi connectivity index (χ2n) is 6.17. The second kappa shape index (κ2) is 8.43. The van der Waals surface area contributed by atoms with E-state index in [1.807, 2.05) is 24.3 Å². The van der Waals surface area contributed by atoms with Gasteiger partial charge in [-0.2, -0.15) is 0 Å². The number of aromatic amines is 1.